The Balaban J connectivity index is 1.68. The van der Waals surface area contributed by atoms with E-state index in [-0.39, 0.29) is 23.7 Å². The van der Waals surface area contributed by atoms with E-state index in [1.165, 1.54) is 12.1 Å². The van der Waals surface area contributed by atoms with Crippen LogP contribution < -0.4 is 9.47 Å². The highest BCUT2D eigenvalue weighted by atomic mass is 32.2. The predicted molar refractivity (Wildman–Crippen MR) is 135 cm³/mol. The minimum Gasteiger partial charge on any atom is -0.506 e. The van der Waals surface area contributed by atoms with Gasteiger partial charge in [0.15, 0.2) is 11.6 Å². The number of halogens is 1. The van der Waals surface area contributed by atoms with Gasteiger partial charge in [-0.1, -0.05) is 36.0 Å². The van der Waals surface area contributed by atoms with Crippen molar-refractivity contribution in [1.29, 1.82) is 0 Å². The summed E-state index contributed by atoms with van der Waals surface area (Å²) in [5, 5.41) is 11.2. The summed E-state index contributed by atoms with van der Waals surface area (Å²) in [6, 6.07) is 20.2. The molecule has 0 unspecified atom stereocenters. The summed E-state index contributed by atoms with van der Waals surface area (Å²) in [7, 11) is 1.57. The van der Waals surface area contributed by atoms with E-state index in [1.54, 1.807) is 74.7 Å². The number of aliphatic imine (C=N–C) groups is 1. The average molecular weight is 492 g/mol. The highest BCUT2D eigenvalue weighted by Crippen LogP contribution is 2.41. The van der Waals surface area contributed by atoms with Gasteiger partial charge >= 0.3 is 5.97 Å². The van der Waals surface area contributed by atoms with Crippen molar-refractivity contribution in [1.82, 2.24) is 0 Å². The second-order valence-electron chi connectivity index (χ2n) is 7.27. The lowest BCUT2D eigenvalue weighted by Gasteiger charge is -2.08. The summed E-state index contributed by atoms with van der Waals surface area (Å²) < 4.78 is 30.3. The summed E-state index contributed by atoms with van der Waals surface area (Å²) in [6.07, 6.45) is 1.63. The Bertz CT molecular complexity index is 1320. The Morgan fingerprint density at radius 1 is 1.06 bits per heavy atom. The van der Waals surface area contributed by atoms with E-state index in [4.69, 9.17) is 14.2 Å². The predicted octanol–water partition coefficient (Wildman–Crippen LogP) is 6.82. The average Bonchev–Trinajstić information content (AvgIpc) is 3.16. The number of hydrogen-bond donors (Lipinski definition) is 1. The Morgan fingerprint density at radius 3 is 2.49 bits per heavy atom. The molecule has 1 aliphatic rings. The largest absolute Gasteiger partial charge is 0.506 e. The summed E-state index contributed by atoms with van der Waals surface area (Å²) in [5.74, 6) is -0.260. The van der Waals surface area contributed by atoms with Crippen LogP contribution in [0.3, 0.4) is 0 Å². The van der Waals surface area contributed by atoms with Gasteiger partial charge in [0, 0.05) is 0 Å². The SMILES string of the molecule is CCOC(=O)C1=C(O)/C(=C/c2ccc(F)c(Oc3ccccc3)c2)SC1=Nc1ccc(OC)cc1. The molecule has 8 heteroatoms. The van der Waals surface area contributed by atoms with E-state index in [2.05, 4.69) is 4.99 Å². The number of carbonyl (C=O) groups is 1. The molecule has 3 aromatic rings. The van der Waals surface area contributed by atoms with Crippen molar-refractivity contribution in [3.63, 3.8) is 0 Å². The van der Waals surface area contributed by atoms with Crippen LogP contribution in [0.25, 0.3) is 6.08 Å². The van der Waals surface area contributed by atoms with Gasteiger partial charge in [0.2, 0.25) is 0 Å². The van der Waals surface area contributed by atoms with Gasteiger partial charge < -0.3 is 19.3 Å². The molecule has 3 aromatic carbocycles. The number of nitrogens with zero attached hydrogens (tertiary/aromatic N) is 1. The van der Waals surface area contributed by atoms with E-state index >= 15 is 0 Å². The zero-order valence-electron chi connectivity index (χ0n) is 19.0. The Hall–Kier alpha value is -4.04. The smallest absolute Gasteiger partial charge is 0.344 e. The number of para-hydroxylation sites is 1. The number of esters is 1. The van der Waals surface area contributed by atoms with Crippen molar-refractivity contribution in [3.05, 3.63) is 100 Å². The lowest BCUT2D eigenvalue weighted by atomic mass is 10.1. The Labute approximate surface area is 206 Å². The Kier molecular flexibility index (Phi) is 7.52. The van der Waals surface area contributed by atoms with E-state index in [1.807, 2.05) is 6.07 Å². The topological polar surface area (TPSA) is 77.4 Å². The van der Waals surface area contributed by atoms with Gasteiger partial charge in [-0.05, 0) is 67.1 Å². The van der Waals surface area contributed by atoms with Gasteiger partial charge in [0.05, 0.1) is 24.3 Å². The fourth-order valence-electron chi connectivity index (χ4n) is 3.22. The van der Waals surface area contributed by atoms with Crippen LogP contribution in [-0.4, -0.2) is 29.8 Å². The van der Waals surface area contributed by atoms with E-state index in [9.17, 15) is 14.3 Å². The molecule has 0 amide bonds. The van der Waals surface area contributed by atoms with Crippen molar-refractivity contribution in [2.45, 2.75) is 6.92 Å². The molecule has 0 aromatic heterocycles. The van der Waals surface area contributed by atoms with Crippen molar-refractivity contribution < 1.29 is 28.5 Å². The number of aliphatic hydroxyl groups is 1. The maximum absolute atomic E-state index is 14.4. The van der Waals surface area contributed by atoms with Gasteiger partial charge in [-0.15, -0.1) is 0 Å². The van der Waals surface area contributed by atoms with E-state index in [0.29, 0.717) is 32.7 Å². The van der Waals surface area contributed by atoms with Crippen molar-refractivity contribution >= 4 is 34.5 Å². The number of benzene rings is 3. The fourth-order valence-corrected chi connectivity index (χ4v) is 4.26. The van der Waals surface area contributed by atoms with Crippen molar-refractivity contribution in [2.24, 2.45) is 4.99 Å². The van der Waals surface area contributed by atoms with E-state index in [0.717, 1.165) is 11.8 Å². The molecule has 178 valence electrons. The zero-order chi connectivity index (χ0) is 24.8. The lowest BCUT2D eigenvalue weighted by molar-refractivity contribution is -0.138. The normalized spacial score (nSPS) is 15.5. The monoisotopic (exact) mass is 491 g/mol. The number of methoxy groups -OCH3 is 1. The van der Waals surface area contributed by atoms with Crippen LogP contribution in [0.15, 0.2) is 94.0 Å². The highest BCUT2D eigenvalue weighted by molar-refractivity contribution is 8.18. The second kappa shape index (κ2) is 10.9. The molecule has 0 aliphatic carbocycles. The van der Waals surface area contributed by atoms with Crippen LogP contribution in [0.2, 0.25) is 0 Å². The van der Waals surface area contributed by atoms with Crippen LogP contribution in [0.4, 0.5) is 10.1 Å². The molecule has 0 radical (unpaired) electrons. The molecule has 0 fully saturated rings. The number of aliphatic hydroxyl groups excluding tert-OH is 1. The molecule has 35 heavy (non-hydrogen) atoms. The first-order chi connectivity index (χ1) is 17.0. The summed E-state index contributed by atoms with van der Waals surface area (Å²) in [5.41, 5.74) is 1.12. The van der Waals surface area contributed by atoms with Crippen LogP contribution >= 0.6 is 11.8 Å². The third-order valence-electron chi connectivity index (χ3n) is 4.90. The molecule has 0 bridgehead atoms. The van der Waals surface area contributed by atoms with Gasteiger partial charge in [0.1, 0.15) is 27.9 Å². The molecular weight excluding hydrogens is 469 g/mol. The summed E-state index contributed by atoms with van der Waals surface area (Å²) >= 11 is 1.12. The third-order valence-corrected chi connectivity index (χ3v) is 5.92. The third kappa shape index (κ3) is 5.73. The van der Waals surface area contributed by atoms with Gasteiger partial charge in [-0.3, -0.25) is 0 Å². The van der Waals surface area contributed by atoms with Crippen molar-refractivity contribution in [2.75, 3.05) is 13.7 Å². The van der Waals surface area contributed by atoms with Crippen LogP contribution in [0.1, 0.15) is 12.5 Å². The molecule has 0 spiro atoms. The highest BCUT2D eigenvalue weighted by Gasteiger charge is 2.33. The molecule has 0 atom stereocenters. The number of carbonyl (C=O) groups excluding carboxylic acids is 1. The van der Waals surface area contributed by atoms with Crippen LogP contribution in [0.5, 0.6) is 17.2 Å². The number of ether oxygens (including phenoxy) is 3. The number of hydrogen-bond acceptors (Lipinski definition) is 7. The Morgan fingerprint density at radius 2 is 1.80 bits per heavy atom. The quantitative estimate of drug-likeness (QED) is 0.366. The molecular formula is C27H22FNO5S. The summed E-state index contributed by atoms with van der Waals surface area (Å²) in [4.78, 5) is 17.5. The molecule has 4 rings (SSSR count). The molecule has 1 heterocycles. The number of thioether (sulfide) groups is 1. The first-order valence-corrected chi connectivity index (χ1v) is 11.6. The standard InChI is InChI=1S/C27H22FNO5S/c1-3-33-27(31)24-25(30)23(35-26(24)29-18-10-12-19(32-2)13-11-18)16-17-9-14-21(28)22(15-17)34-20-7-5-4-6-8-20/h4-16,30H,3H2,1-2H3/b23-16-,29-26?. The first-order valence-electron chi connectivity index (χ1n) is 10.7. The molecule has 0 saturated carbocycles. The van der Waals surface area contributed by atoms with Gasteiger partial charge in [-0.2, -0.15) is 0 Å². The van der Waals surface area contributed by atoms with Gasteiger partial charge in [-0.25, -0.2) is 14.2 Å². The van der Waals surface area contributed by atoms with Crippen molar-refractivity contribution in [3.8, 4) is 17.2 Å². The van der Waals surface area contributed by atoms with E-state index < -0.39 is 11.8 Å². The first kappa shape index (κ1) is 24.1. The maximum atomic E-state index is 14.4. The molecule has 6 nitrogen and oxygen atoms in total. The van der Waals surface area contributed by atoms with Crippen LogP contribution in [-0.2, 0) is 9.53 Å². The molecule has 1 aliphatic heterocycles. The summed E-state index contributed by atoms with van der Waals surface area (Å²) in [6.45, 7) is 1.83. The minimum absolute atomic E-state index is 0.0261. The minimum atomic E-state index is -0.680. The van der Waals surface area contributed by atoms with Crippen LogP contribution in [0, 0.1) is 5.82 Å². The lowest BCUT2D eigenvalue weighted by Crippen LogP contribution is -2.12. The van der Waals surface area contributed by atoms with Gasteiger partial charge in [0.25, 0.3) is 0 Å². The zero-order valence-corrected chi connectivity index (χ0v) is 19.8. The molecule has 1 N–H and O–H groups in total. The maximum Gasteiger partial charge on any atom is 0.344 e. The molecule has 0 saturated heterocycles. The number of rotatable bonds is 7. The fraction of sp³-hybridized carbons (Fsp3) is 0.111. The second-order valence-corrected chi connectivity index (χ2v) is 8.31.